The lowest BCUT2D eigenvalue weighted by Gasteiger charge is -2.46. The summed E-state index contributed by atoms with van der Waals surface area (Å²) in [6.07, 6.45) is 2.34. The molecule has 1 saturated carbocycles. The highest BCUT2D eigenvalue weighted by molar-refractivity contribution is 4.91. The van der Waals surface area contributed by atoms with Crippen LogP contribution in [-0.2, 0) is 0 Å². The average Bonchev–Trinajstić information content (AvgIpc) is 2.12. The third-order valence-electron chi connectivity index (χ3n) is 3.68. The summed E-state index contributed by atoms with van der Waals surface area (Å²) in [4.78, 5) is 4.92. The van der Waals surface area contributed by atoms with Gasteiger partial charge in [0.2, 0.25) is 0 Å². The Balaban J connectivity index is 1.70. The van der Waals surface area contributed by atoms with E-state index in [1.807, 2.05) is 13.8 Å². The minimum Gasteiger partial charge on any atom is -0.389 e. The van der Waals surface area contributed by atoms with Crippen molar-refractivity contribution in [3.8, 4) is 0 Å². The minimum atomic E-state index is -0.568. The second kappa shape index (κ2) is 4.61. The predicted molar refractivity (Wildman–Crippen MR) is 65.3 cm³/mol. The minimum absolute atomic E-state index is 0.444. The zero-order valence-electron chi connectivity index (χ0n) is 10.5. The van der Waals surface area contributed by atoms with Gasteiger partial charge in [0.05, 0.1) is 5.60 Å². The summed E-state index contributed by atoms with van der Waals surface area (Å²) in [5.74, 6) is 0. The molecule has 0 bridgehead atoms. The second-order valence-corrected chi connectivity index (χ2v) is 6.01. The van der Waals surface area contributed by atoms with Crippen molar-refractivity contribution in [1.29, 1.82) is 0 Å². The SMILES string of the molecule is CC(C)(O)CN1CCN(C2CC(N)C2)CC1. The fraction of sp³-hybridized carbons (Fsp3) is 1.00. The van der Waals surface area contributed by atoms with Crippen molar-refractivity contribution < 1.29 is 5.11 Å². The van der Waals surface area contributed by atoms with Crippen LogP contribution in [-0.4, -0.2) is 65.3 Å². The number of hydrogen-bond donors (Lipinski definition) is 2. The quantitative estimate of drug-likeness (QED) is 0.705. The number of aliphatic hydroxyl groups is 1. The fourth-order valence-corrected chi connectivity index (χ4v) is 2.76. The first-order valence-corrected chi connectivity index (χ1v) is 6.38. The van der Waals surface area contributed by atoms with E-state index in [9.17, 15) is 5.11 Å². The van der Waals surface area contributed by atoms with Crippen molar-refractivity contribution in [2.24, 2.45) is 5.73 Å². The monoisotopic (exact) mass is 227 g/mol. The molecule has 2 fully saturated rings. The molecule has 1 aliphatic heterocycles. The van der Waals surface area contributed by atoms with Gasteiger partial charge in [-0.15, -0.1) is 0 Å². The lowest BCUT2D eigenvalue weighted by Crippen LogP contribution is -2.58. The molecule has 3 N–H and O–H groups in total. The van der Waals surface area contributed by atoms with Gasteiger partial charge in [-0.3, -0.25) is 9.80 Å². The van der Waals surface area contributed by atoms with Crippen LogP contribution in [0.15, 0.2) is 0 Å². The summed E-state index contributed by atoms with van der Waals surface area (Å²) in [5.41, 5.74) is 5.25. The lowest BCUT2D eigenvalue weighted by molar-refractivity contribution is 0.000460. The van der Waals surface area contributed by atoms with Crippen molar-refractivity contribution >= 4 is 0 Å². The molecule has 0 aromatic heterocycles. The number of piperazine rings is 1. The van der Waals surface area contributed by atoms with E-state index in [0.29, 0.717) is 6.04 Å². The van der Waals surface area contributed by atoms with Crippen molar-refractivity contribution in [1.82, 2.24) is 9.80 Å². The molecule has 0 aromatic rings. The van der Waals surface area contributed by atoms with E-state index in [0.717, 1.165) is 38.8 Å². The van der Waals surface area contributed by atoms with Gasteiger partial charge in [-0.05, 0) is 26.7 Å². The van der Waals surface area contributed by atoms with Crippen LogP contribution in [0.3, 0.4) is 0 Å². The van der Waals surface area contributed by atoms with Crippen molar-refractivity contribution in [3.05, 3.63) is 0 Å². The molecule has 0 radical (unpaired) electrons. The molecule has 94 valence electrons. The van der Waals surface area contributed by atoms with Crippen molar-refractivity contribution in [3.63, 3.8) is 0 Å². The van der Waals surface area contributed by atoms with Crippen molar-refractivity contribution in [2.75, 3.05) is 32.7 Å². The molecule has 0 amide bonds. The molecule has 2 rings (SSSR count). The Morgan fingerprint density at radius 1 is 1.19 bits per heavy atom. The largest absolute Gasteiger partial charge is 0.389 e. The summed E-state index contributed by atoms with van der Waals surface area (Å²) in [6.45, 7) is 8.96. The summed E-state index contributed by atoms with van der Waals surface area (Å²) in [6, 6.07) is 1.18. The van der Waals surface area contributed by atoms with E-state index < -0.39 is 5.60 Å². The Bertz CT molecular complexity index is 225. The van der Waals surface area contributed by atoms with Crippen LogP contribution < -0.4 is 5.73 Å². The first-order valence-electron chi connectivity index (χ1n) is 6.38. The van der Waals surface area contributed by atoms with Gasteiger partial charge in [-0.2, -0.15) is 0 Å². The van der Waals surface area contributed by atoms with Gasteiger partial charge in [0.1, 0.15) is 0 Å². The van der Waals surface area contributed by atoms with E-state index in [1.165, 1.54) is 12.8 Å². The maximum atomic E-state index is 9.77. The summed E-state index contributed by atoms with van der Waals surface area (Å²) >= 11 is 0. The first-order chi connectivity index (χ1) is 7.44. The Kier molecular flexibility index (Phi) is 3.54. The molecule has 4 nitrogen and oxygen atoms in total. The van der Waals surface area contributed by atoms with E-state index in [1.54, 1.807) is 0 Å². The Hall–Kier alpha value is -0.160. The van der Waals surface area contributed by atoms with Crippen molar-refractivity contribution in [2.45, 2.75) is 44.4 Å². The Morgan fingerprint density at radius 3 is 2.19 bits per heavy atom. The molecule has 0 atom stereocenters. The normalized spacial score (nSPS) is 33.8. The van der Waals surface area contributed by atoms with Gasteiger partial charge in [0, 0.05) is 44.8 Å². The van der Waals surface area contributed by atoms with Crippen LogP contribution in [0.2, 0.25) is 0 Å². The average molecular weight is 227 g/mol. The van der Waals surface area contributed by atoms with Crippen LogP contribution in [0, 0.1) is 0 Å². The Labute approximate surface area is 98.4 Å². The molecule has 16 heavy (non-hydrogen) atoms. The highest BCUT2D eigenvalue weighted by Crippen LogP contribution is 2.25. The van der Waals surface area contributed by atoms with Crippen LogP contribution in [0.1, 0.15) is 26.7 Å². The summed E-state index contributed by atoms with van der Waals surface area (Å²) < 4.78 is 0. The van der Waals surface area contributed by atoms with E-state index in [2.05, 4.69) is 9.80 Å². The summed E-state index contributed by atoms with van der Waals surface area (Å²) in [5, 5.41) is 9.77. The summed E-state index contributed by atoms with van der Waals surface area (Å²) in [7, 11) is 0. The van der Waals surface area contributed by atoms with Gasteiger partial charge in [-0.25, -0.2) is 0 Å². The third kappa shape index (κ3) is 3.17. The van der Waals surface area contributed by atoms with E-state index in [-0.39, 0.29) is 0 Å². The van der Waals surface area contributed by atoms with Crippen LogP contribution in [0.25, 0.3) is 0 Å². The highest BCUT2D eigenvalue weighted by atomic mass is 16.3. The zero-order chi connectivity index (χ0) is 11.8. The van der Waals surface area contributed by atoms with Gasteiger partial charge in [-0.1, -0.05) is 0 Å². The van der Waals surface area contributed by atoms with E-state index >= 15 is 0 Å². The maximum absolute atomic E-state index is 9.77. The van der Waals surface area contributed by atoms with E-state index in [4.69, 9.17) is 5.73 Å². The number of β-amino-alcohol motifs (C(OH)–C–C–N with tert-alkyl or cyclic N) is 1. The van der Waals surface area contributed by atoms with Gasteiger partial charge < -0.3 is 10.8 Å². The zero-order valence-corrected chi connectivity index (χ0v) is 10.5. The molecule has 1 heterocycles. The second-order valence-electron chi connectivity index (χ2n) is 6.01. The number of rotatable bonds is 3. The molecule has 0 aromatic carbocycles. The maximum Gasteiger partial charge on any atom is 0.0718 e. The molecule has 1 saturated heterocycles. The molecule has 4 heteroatoms. The van der Waals surface area contributed by atoms with Gasteiger partial charge >= 0.3 is 0 Å². The molecule has 0 spiro atoms. The number of nitrogens with two attached hydrogens (primary N) is 1. The van der Waals surface area contributed by atoms with Gasteiger partial charge in [0.25, 0.3) is 0 Å². The molecular formula is C12H25N3O. The van der Waals surface area contributed by atoms with Crippen LogP contribution in [0.5, 0.6) is 0 Å². The number of hydrogen-bond acceptors (Lipinski definition) is 4. The fourth-order valence-electron chi connectivity index (χ4n) is 2.76. The van der Waals surface area contributed by atoms with Crippen LogP contribution in [0.4, 0.5) is 0 Å². The predicted octanol–water partition coefficient (Wildman–Crippen LogP) is -0.135. The molecular weight excluding hydrogens is 202 g/mol. The Morgan fingerprint density at radius 2 is 1.75 bits per heavy atom. The molecule has 1 aliphatic carbocycles. The first kappa shape index (κ1) is 12.3. The third-order valence-corrected chi connectivity index (χ3v) is 3.68. The number of nitrogens with zero attached hydrogens (tertiary/aromatic N) is 2. The molecule has 2 aliphatic rings. The smallest absolute Gasteiger partial charge is 0.0718 e. The van der Waals surface area contributed by atoms with Gasteiger partial charge in [0.15, 0.2) is 0 Å². The van der Waals surface area contributed by atoms with Crippen LogP contribution >= 0.6 is 0 Å². The topological polar surface area (TPSA) is 52.7 Å². The standard InChI is InChI=1S/C12H25N3O/c1-12(2,16)9-14-3-5-15(6-4-14)11-7-10(13)8-11/h10-11,16H,3-9,13H2,1-2H3. The lowest BCUT2D eigenvalue weighted by atomic mass is 9.86. The highest BCUT2D eigenvalue weighted by Gasteiger charge is 2.33. The molecule has 0 unspecified atom stereocenters.